The molecule has 0 radical (unpaired) electrons. The average molecular weight is 308 g/mol. The molecule has 0 aromatic rings. The van der Waals surface area contributed by atoms with Gasteiger partial charge >= 0.3 is 8.80 Å². The lowest BCUT2D eigenvalue weighted by Crippen LogP contribution is -2.54. The first kappa shape index (κ1) is 19.7. The van der Waals surface area contributed by atoms with E-state index < -0.39 is 27.7 Å². The molecule has 0 N–H and O–H groups in total. The van der Waals surface area contributed by atoms with E-state index in [2.05, 4.69) is 6.58 Å². The third kappa shape index (κ3) is 6.00. The molecule has 0 saturated carbocycles. The second-order valence-corrected chi connectivity index (χ2v) is 7.22. The van der Waals surface area contributed by atoms with Crippen LogP contribution in [0.1, 0.15) is 27.7 Å². The van der Waals surface area contributed by atoms with E-state index in [9.17, 15) is 0 Å². The van der Waals surface area contributed by atoms with Gasteiger partial charge in [0.2, 0.25) is 0 Å². The van der Waals surface area contributed by atoms with Gasteiger partial charge in [-0.3, -0.25) is 0 Å². The third-order valence-corrected chi connectivity index (χ3v) is 6.23. The Morgan fingerprint density at radius 1 is 0.750 bits per heavy atom. The van der Waals surface area contributed by atoms with E-state index in [1.54, 1.807) is 48.2 Å². The van der Waals surface area contributed by atoms with Crippen molar-refractivity contribution >= 4 is 8.80 Å². The van der Waals surface area contributed by atoms with Gasteiger partial charge in [-0.25, -0.2) is 0 Å². The predicted octanol–water partition coefficient (Wildman–Crippen LogP) is 2.53. The summed E-state index contributed by atoms with van der Waals surface area (Å²) in [7, 11) is 1.53. The summed E-state index contributed by atoms with van der Waals surface area (Å²) in [5.41, 5.74) is -0.143. The Balaban J connectivity index is 5.31. The first-order valence-corrected chi connectivity index (χ1v) is 8.39. The number of hydrogen-bond acceptors (Lipinski definition) is 6. The fraction of sp³-hybridized carbons (Fsp3) is 0.846. The fourth-order valence-electron chi connectivity index (χ4n) is 1.39. The van der Waals surface area contributed by atoms with Crippen LogP contribution < -0.4 is 0 Å². The lowest BCUT2D eigenvalue weighted by Gasteiger charge is -2.37. The molecule has 4 atom stereocenters. The van der Waals surface area contributed by atoms with Crippen molar-refractivity contribution in [2.75, 3.05) is 21.3 Å². The molecule has 120 valence electrons. The first-order valence-electron chi connectivity index (χ1n) is 6.59. The largest absolute Gasteiger partial charge is 0.513 e. The predicted molar refractivity (Wildman–Crippen MR) is 78.0 cm³/mol. The molecule has 0 heterocycles. The number of rotatable bonds is 11. The molecule has 0 aliphatic rings. The minimum atomic E-state index is -3.14. The van der Waals surface area contributed by atoms with Gasteiger partial charge in [0.1, 0.15) is 18.9 Å². The van der Waals surface area contributed by atoms with Crippen LogP contribution in [0, 0.1) is 0 Å². The van der Waals surface area contributed by atoms with Crippen LogP contribution in [0.5, 0.6) is 0 Å². The van der Waals surface area contributed by atoms with Gasteiger partial charge < -0.3 is 27.5 Å². The Morgan fingerprint density at radius 2 is 1.05 bits per heavy atom. The minimum Gasteiger partial charge on any atom is -0.357 e. The van der Waals surface area contributed by atoms with Crippen molar-refractivity contribution in [1.29, 1.82) is 0 Å². The van der Waals surface area contributed by atoms with Gasteiger partial charge in [-0.2, -0.15) is 0 Å². The first-order chi connectivity index (χ1) is 9.34. The summed E-state index contributed by atoms with van der Waals surface area (Å²) < 4.78 is 33.3. The Kier molecular flexibility index (Phi) is 9.48. The molecule has 0 aromatic heterocycles. The molecule has 0 bridgehead atoms. The van der Waals surface area contributed by atoms with Crippen LogP contribution in [0.25, 0.3) is 0 Å². The van der Waals surface area contributed by atoms with Crippen molar-refractivity contribution in [1.82, 2.24) is 0 Å². The molecular formula is C13H28O6Si. The van der Waals surface area contributed by atoms with Gasteiger partial charge in [-0.1, -0.05) is 13.0 Å². The van der Waals surface area contributed by atoms with Gasteiger partial charge in [0.05, 0.1) is 0 Å². The number of methoxy groups -OCH3 is 3. The lowest BCUT2D eigenvalue weighted by molar-refractivity contribution is -0.165. The van der Waals surface area contributed by atoms with E-state index in [0.717, 1.165) is 0 Å². The molecule has 0 aliphatic carbocycles. The molecule has 0 saturated heterocycles. The topological polar surface area (TPSA) is 55.4 Å². The zero-order valence-electron chi connectivity index (χ0n) is 13.5. The Labute approximate surface area is 123 Å². The number of hydrogen-bond donors (Lipinski definition) is 0. The van der Waals surface area contributed by atoms with Crippen LogP contribution in [0.3, 0.4) is 0 Å². The third-order valence-electron chi connectivity index (χ3n) is 2.90. The zero-order chi connectivity index (χ0) is 15.8. The van der Waals surface area contributed by atoms with Crippen LogP contribution >= 0.6 is 0 Å². The SMILES string of the molecule is C=CC(C)[Si](OC(C)OC)(OC(C)OC)OC(C)OC. The maximum Gasteiger partial charge on any atom is 0.513 e. The molecule has 0 aromatic carbocycles. The molecule has 4 unspecified atom stereocenters. The smallest absolute Gasteiger partial charge is 0.357 e. The maximum absolute atomic E-state index is 5.93. The highest BCUT2D eigenvalue weighted by atomic mass is 28.4. The lowest BCUT2D eigenvalue weighted by atomic mass is 10.5. The van der Waals surface area contributed by atoms with Crippen molar-refractivity contribution in [2.45, 2.75) is 52.1 Å². The van der Waals surface area contributed by atoms with E-state index >= 15 is 0 Å². The number of ether oxygens (including phenoxy) is 3. The van der Waals surface area contributed by atoms with E-state index in [0.29, 0.717) is 0 Å². The van der Waals surface area contributed by atoms with Crippen LogP contribution in [-0.2, 0) is 27.5 Å². The number of allylic oxidation sites excluding steroid dienone is 1. The molecule has 7 heteroatoms. The van der Waals surface area contributed by atoms with Crippen LogP contribution in [0.2, 0.25) is 5.54 Å². The van der Waals surface area contributed by atoms with Gasteiger partial charge in [-0.15, -0.1) is 6.58 Å². The molecule has 20 heavy (non-hydrogen) atoms. The molecule has 0 fully saturated rings. The van der Waals surface area contributed by atoms with Gasteiger partial charge in [0.25, 0.3) is 0 Å². The van der Waals surface area contributed by atoms with Crippen molar-refractivity contribution in [2.24, 2.45) is 0 Å². The average Bonchev–Trinajstić information content (AvgIpc) is 2.45. The second kappa shape index (κ2) is 9.62. The van der Waals surface area contributed by atoms with Gasteiger partial charge in [0, 0.05) is 26.9 Å². The Morgan fingerprint density at radius 3 is 1.25 bits per heavy atom. The highest BCUT2D eigenvalue weighted by Gasteiger charge is 2.50. The molecule has 0 amide bonds. The quantitative estimate of drug-likeness (QED) is 0.332. The molecule has 6 nitrogen and oxygen atoms in total. The van der Waals surface area contributed by atoms with Crippen LogP contribution in [0.4, 0.5) is 0 Å². The summed E-state index contributed by atoms with van der Waals surface area (Å²) in [5, 5.41) is 0. The van der Waals surface area contributed by atoms with Crippen molar-refractivity contribution in [3.8, 4) is 0 Å². The Hall–Kier alpha value is -0.283. The van der Waals surface area contributed by atoms with Gasteiger partial charge in [0.15, 0.2) is 0 Å². The summed E-state index contributed by atoms with van der Waals surface area (Å²) in [4.78, 5) is 0. The summed E-state index contributed by atoms with van der Waals surface area (Å²) in [6.45, 7) is 11.1. The molecule has 0 aliphatic heterocycles. The normalized spacial score (nSPS) is 20.8. The van der Waals surface area contributed by atoms with E-state index in [4.69, 9.17) is 27.5 Å². The summed E-state index contributed by atoms with van der Waals surface area (Å²) >= 11 is 0. The van der Waals surface area contributed by atoms with E-state index in [1.807, 2.05) is 6.92 Å². The summed E-state index contributed by atoms with van der Waals surface area (Å²) in [6.07, 6.45) is 0.311. The highest BCUT2D eigenvalue weighted by molar-refractivity contribution is 6.63. The standard InChI is InChI=1S/C13H28O6Si/c1-9-10(2)20(17-11(3)14-6,18-12(4)15-7)19-13(5)16-8/h9-13H,1H2,2-8H3. The van der Waals surface area contributed by atoms with Crippen molar-refractivity contribution in [3.05, 3.63) is 12.7 Å². The minimum absolute atomic E-state index is 0.143. The van der Waals surface area contributed by atoms with Crippen molar-refractivity contribution < 1.29 is 27.5 Å². The monoisotopic (exact) mass is 308 g/mol. The van der Waals surface area contributed by atoms with E-state index in [-0.39, 0.29) is 5.54 Å². The van der Waals surface area contributed by atoms with Gasteiger partial charge in [-0.05, 0) is 20.8 Å². The molecular weight excluding hydrogens is 280 g/mol. The summed E-state index contributed by atoms with van der Waals surface area (Å²) in [5.74, 6) is 0. The fourth-order valence-corrected chi connectivity index (χ4v) is 4.16. The summed E-state index contributed by atoms with van der Waals surface area (Å²) in [6, 6.07) is 0. The second-order valence-electron chi connectivity index (χ2n) is 4.39. The van der Waals surface area contributed by atoms with Crippen LogP contribution in [0.15, 0.2) is 12.7 Å². The molecule has 0 spiro atoms. The zero-order valence-corrected chi connectivity index (χ0v) is 14.5. The molecule has 0 rings (SSSR count). The van der Waals surface area contributed by atoms with E-state index in [1.165, 1.54) is 0 Å². The Bertz CT molecular complexity index is 244. The van der Waals surface area contributed by atoms with Crippen LogP contribution in [-0.4, -0.2) is 49.0 Å². The van der Waals surface area contributed by atoms with Crippen molar-refractivity contribution in [3.63, 3.8) is 0 Å². The highest BCUT2D eigenvalue weighted by Crippen LogP contribution is 2.30. The maximum atomic E-state index is 5.93.